The Bertz CT molecular complexity index is 376. The highest BCUT2D eigenvalue weighted by molar-refractivity contribution is 5.58. The van der Waals surface area contributed by atoms with Gasteiger partial charge in [-0.3, -0.25) is 4.99 Å². The van der Waals surface area contributed by atoms with Crippen molar-refractivity contribution in [3.63, 3.8) is 0 Å². The Balaban J connectivity index is 1.82. The maximum atomic E-state index is 10.5. The van der Waals surface area contributed by atoms with Gasteiger partial charge in [0.15, 0.2) is 0 Å². The van der Waals surface area contributed by atoms with E-state index in [1.807, 2.05) is 11.8 Å². The summed E-state index contributed by atoms with van der Waals surface area (Å²) in [5.74, 6) is 0. The largest absolute Gasteiger partial charge is 0.371 e. The van der Waals surface area contributed by atoms with Crippen molar-refractivity contribution in [1.29, 1.82) is 0 Å². The van der Waals surface area contributed by atoms with E-state index in [0.717, 1.165) is 25.9 Å². The maximum Gasteiger partial charge on any atom is 0.135 e. The van der Waals surface area contributed by atoms with Crippen molar-refractivity contribution in [1.82, 2.24) is 4.90 Å². The number of aliphatic imine (C=N–C) groups is 1. The number of unbranched alkanes of at least 4 members (excludes halogenated alkanes) is 12. The van der Waals surface area contributed by atoms with E-state index in [9.17, 15) is 5.11 Å². The van der Waals surface area contributed by atoms with Gasteiger partial charge in [0.1, 0.15) is 5.72 Å². The van der Waals surface area contributed by atoms with E-state index in [0.29, 0.717) is 0 Å². The summed E-state index contributed by atoms with van der Waals surface area (Å²) in [4.78, 5) is 6.17. The average Bonchev–Trinajstić information content (AvgIpc) is 3.17. The highest BCUT2D eigenvalue weighted by Gasteiger charge is 2.27. The topological polar surface area (TPSA) is 35.8 Å². The van der Waals surface area contributed by atoms with Gasteiger partial charge < -0.3 is 10.0 Å². The summed E-state index contributed by atoms with van der Waals surface area (Å²) < 4.78 is 0. The van der Waals surface area contributed by atoms with Crippen molar-refractivity contribution in [2.75, 3.05) is 13.1 Å². The predicted molar refractivity (Wildman–Crippen MR) is 115 cm³/mol. The fourth-order valence-electron chi connectivity index (χ4n) is 3.60. The van der Waals surface area contributed by atoms with Crippen LogP contribution in [0.5, 0.6) is 0 Å². The summed E-state index contributed by atoms with van der Waals surface area (Å²) in [7, 11) is 0. The van der Waals surface area contributed by atoms with Gasteiger partial charge in [-0.05, 0) is 45.4 Å². The SMILES string of the molecule is CCCCCCCC/C=C\CCCCCCCCC(C)(O)N1C=NCC1. The lowest BCUT2D eigenvalue weighted by atomic mass is 10.0. The highest BCUT2D eigenvalue weighted by Crippen LogP contribution is 2.20. The molecular weight excluding hydrogens is 320 g/mol. The molecule has 0 fully saturated rings. The predicted octanol–water partition coefficient (Wildman–Crippen LogP) is 6.47. The van der Waals surface area contributed by atoms with Gasteiger partial charge in [-0.2, -0.15) is 0 Å². The van der Waals surface area contributed by atoms with Gasteiger partial charge in [0.05, 0.1) is 12.9 Å². The van der Waals surface area contributed by atoms with Crippen LogP contribution in [0.2, 0.25) is 0 Å². The third-order valence-electron chi connectivity index (χ3n) is 5.47. The molecule has 1 N–H and O–H groups in total. The third kappa shape index (κ3) is 11.7. The molecule has 0 radical (unpaired) electrons. The molecule has 0 aromatic heterocycles. The monoisotopic (exact) mass is 364 g/mol. The van der Waals surface area contributed by atoms with Crippen LogP contribution in [0.3, 0.4) is 0 Å². The van der Waals surface area contributed by atoms with E-state index in [4.69, 9.17) is 0 Å². The van der Waals surface area contributed by atoms with Gasteiger partial charge in [-0.15, -0.1) is 0 Å². The lowest BCUT2D eigenvalue weighted by molar-refractivity contribution is -0.0538. The molecule has 0 aromatic carbocycles. The van der Waals surface area contributed by atoms with Crippen LogP contribution in [-0.4, -0.2) is 35.2 Å². The van der Waals surface area contributed by atoms with Crippen molar-refractivity contribution in [3.05, 3.63) is 12.2 Å². The zero-order valence-electron chi connectivity index (χ0n) is 17.6. The summed E-state index contributed by atoms with van der Waals surface area (Å²) in [5, 5.41) is 10.5. The number of hydrogen-bond donors (Lipinski definition) is 1. The molecule has 152 valence electrons. The molecule has 0 saturated heterocycles. The Labute approximate surface area is 163 Å². The molecule has 1 atom stereocenters. The molecule has 0 aromatic rings. The van der Waals surface area contributed by atoms with Crippen LogP contribution in [0.25, 0.3) is 0 Å². The van der Waals surface area contributed by atoms with Crippen molar-refractivity contribution in [2.24, 2.45) is 4.99 Å². The lowest BCUT2D eigenvalue weighted by Gasteiger charge is -2.33. The van der Waals surface area contributed by atoms with E-state index in [2.05, 4.69) is 24.1 Å². The fraction of sp³-hybridized carbons (Fsp3) is 0.870. The van der Waals surface area contributed by atoms with E-state index < -0.39 is 5.72 Å². The minimum atomic E-state index is -0.708. The summed E-state index contributed by atoms with van der Waals surface area (Å²) in [6, 6.07) is 0. The summed E-state index contributed by atoms with van der Waals surface area (Å²) >= 11 is 0. The molecule has 3 nitrogen and oxygen atoms in total. The van der Waals surface area contributed by atoms with Gasteiger partial charge in [-0.25, -0.2) is 0 Å². The van der Waals surface area contributed by atoms with Gasteiger partial charge in [0, 0.05) is 6.54 Å². The summed E-state index contributed by atoms with van der Waals surface area (Å²) in [5.41, 5.74) is -0.708. The van der Waals surface area contributed by atoms with Gasteiger partial charge >= 0.3 is 0 Å². The van der Waals surface area contributed by atoms with Crippen LogP contribution in [0.15, 0.2) is 17.1 Å². The van der Waals surface area contributed by atoms with E-state index in [1.54, 1.807) is 6.34 Å². The first-order chi connectivity index (χ1) is 12.7. The molecule has 1 aliphatic rings. The molecule has 1 aliphatic heterocycles. The van der Waals surface area contributed by atoms with Gasteiger partial charge in [0.2, 0.25) is 0 Å². The smallest absolute Gasteiger partial charge is 0.135 e. The first-order valence-electron chi connectivity index (χ1n) is 11.3. The third-order valence-corrected chi connectivity index (χ3v) is 5.47. The standard InChI is InChI=1S/C23H44N2O/c1-3-4-5-6-7-8-9-10-11-12-13-14-15-16-17-18-19-23(2,26)25-21-20-24-22-25/h10-11,22,26H,3-9,12-21H2,1-2H3/b11-10-. The normalized spacial score (nSPS) is 16.7. The van der Waals surface area contributed by atoms with E-state index in [1.165, 1.54) is 83.5 Å². The first kappa shape index (κ1) is 23.2. The molecule has 0 spiro atoms. The van der Waals surface area contributed by atoms with E-state index >= 15 is 0 Å². The zero-order chi connectivity index (χ0) is 18.9. The molecule has 0 amide bonds. The van der Waals surface area contributed by atoms with Crippen LogP contribution >= 0.6 is 0 Å². The summed E-state index contributed by atoms with van der Waals surface area (Å²) in [6.07, 6.45) is 26.0. The minimum absolute atomic E-state index is 0.708. The number of aliphatic hydroxyl groups is 1. The van der Waals surface area contributed by atoms with Crippen molar-refractivity contribution < 1.29 is 5.11 Å². The molecule has 3 heteroatoms. The Morgan fingerprint density at radius 1 is 0.885 bits per heavy atom. The molecule has 1 rings (SSSR count). The van der Waals surface area contributed by atoms with Crippen LogP contribution < -0.4 is 0 Å². The van der Waals surface area contributed by atoms with Crippen molar-refractivity contribution in [3.8, 4) is 0 Å². The first-order valence-corrected chi connectivity index (χ1v) is 11.3. The molecule has 26 heavy (non-hydrogen) atoms. The second kappa shape index (κ2) is 15.2. The van der Waals surface area contributed by atoms with Crippen LogP contribution in [0, 0.1) is 0 Å². The van der Waals surface area contributed by atoms with Crippen LogP contribution in [0.4, 0.5) is 0 Å². The minimum Gasteiger partial charge on any atom is -0.371 e. The molecule has 1 heterocycles. The number of nitrogens with zero attached hydrogens (tertiary/aromatic N) is 2. The second-order valence-electron chi connectivity index (χ2n) is 8.12. The van der Waals surface area contributed by atoms with Gasteiger partial charge in [-0.1, -0.05) is 76.9 Å². The highest BCUT2D eigenvalue weighted by atomic mass is 16.3. The molecule has 0 bridgehead atoms. The Hall–Kier alpha value is -0.830. The molecule has 0 saturated carbocycles. The number of allylic oxidation sites excluding steroid dienone is 2. The number of rotatable bonds is 17. The average molecular weight is 365 g/mol. The fourth-order valence-corrected chi connectivity index (χ4v) is 3.60. The van der Waals surface area contributed by atoms with E-state index in [-0.39, 0.29) is 0 Å². The molecular formula is C23H44N2O. The quantitative estimate of drug-likeness (QED) is 0.237. The van der Waals surface area contributed by atoms with Crippen molar-refractivity contribution >= 4 is 6.34 Å². The number of hydrogen-bond acceptors (Lipinski definition) is 3. The van der Waals surface area contributed by atoms with Crippen LogP contribution in [-0.2, 0) is 0 Å². The van der Waals surface area contributed by atoms with Crippen LogP contribution in [0.1, 0.15) is 110 Å². The molecule has 1 unspecified atom stereocenters. The lowest BCUT2D eigenvalue weighted by Crippen LogP contribution is -2.44. The Morgan fingerprint density at radius 2 is 1.42 bits per heavy atom. The van der Waals surface area contributed by atoms with Gasteiger partial charge in [0.25, 0.3) is 0 Å². The molecule has 0 aliphatic carbocycles. The Kier molecular flexibility index (Phi) is 13.6. The second-order valence-corrected chi connectivity index (χ2v) is 8.12. The maximum absolute atomic E-state index is 10.5. The Morgan fingerprint density at radius 3 is 1.96 bits per heavy atom. The van der Waals surface area contributed by atoms with Crippen molar-refractivity contribution in [2.45, 2.75) is 116 Å². The zero-order valence-corrected chi connectivity index (χ0v) is 17.6. The summed E-state index contributed by atoms with van der Waals surface area (Å²) in [6.45, 7) is 5.88.